The lowest BCUT2D eigenvalue weighted by Gasteiger charge is -2.18. The van der Waals surface area contributed by atoms with Gasteiger partial charge in [0, 0.05) is 26.1 Å². The average molecular weight is 248 g/mol. The number of nitrogens with two attached hydrogens (primary N) is 1. The number of hydrogen-bond acceptors (Lipinski definition) is 2. The molecule has 2 N–H and O–H groups in total. The normalized spacial score (nSPS) is 12.6. The molecule has 3 heteroatoms. The van der Waals surface area contributed by atoms with Crippen molar-refractivity contribution in [3.63, 3.8) is 0 Å². The fourth-order valence-corrected chi connectivity index (χ4v) is 1.80. The van der Waals surface area contributed by atoms with Gasteiger partial charge in [-0.2, -0.15) is 0 Å². The molecule has 1 atom stereocenters. The second kappa shape index (κ2) is 6.55. The number of hydrogen-bond donors (Lipinski definition) is 1. The van der Waals surface area contributed by atoms with Crippen molar-refractivity contribution in [2.24, 2.45) is 5.73 Å². The van der Waals surface area contributed by atoms with E-state index in [4.69, 9.17) is 5.73 Å². The molecule has 1 unspecified atom stereocenters. The van der Waals surface area contributed by atoms with E-state index >= 15 is 0 Å². The van der Waals surface area contributed by atoms with Crippen molar-refractivity contribution < 1.29 is 4.79 Å². The minimum Gasteiger partial charge on any atom is -0.341 e. The molecule has 0 spiro atoms. The van der Waals surface area contributed by atoms with Gasteiger partial charge in [-0.15, -0.1) is 0 Å². The largest absolute Gasteiger partial charge is 0.341 e. The van der Waals surface area contributed by atoms with Gasteiger partial charge in [0.25, 0.3) is 0 Å². The zero-order chi connectivity index (χ0) is 13.7. The van der Waals surface area contributed by atoms with E-state index in [2.05, 4.69) is 38.1 Å². The third kappa shape index (κ3) is 4.49. The Morgan fingerprint density at radius 2 is 1.78 bits per heavy atom. The highest BCUT2D eigenvalue weighted by molar-refractivity contribution is 5.76. The molecule has 0 radical (unpaired) electrons. The second-order valence-corrected chi connectivity index (χ2v) is 5.33. The van der Waals surface area contributed by atoms with Crippen LogP contribution in [0.3, 0.4) is 0 Å². The van der Waals surface area contributed by atoms with Gasteiger partial charge in [0.05, 0.1) is 0 Å². The molecule has 0 aliphatic rings. The molecule has 0 saturated carbocycles. The Hall–Kier alpha value is -1.35. The number of benzene rings is 1. The molecular formula is C15H24N2O. The number of amides is 1. The van der Waals surface area contributed by atoms with Crippen LogP contribution >= 0.6 is 0 Å². The first kappa shape index (κ1) is 14.7. The molecule has 18 heavy (non-hydrogen) atoms. The number of carbonyl (C=O) groups is 1. The molecule has 0 saturated heterocycles. The van der Waals surface area contributed by atoms with Crippen molar-refractivity contribution in [2.75, 3.05) is 7.05 Å². The van der Waals surface area contributed by atoms with Gasteiger partial charge in [-0.05, 0) is 24.0 Å². The summed E-state index contributed by atoms with van der Waals surface area (Å²) in [4.78, 5) is 13.5. The third-order valence-corrected chi connectivity index (χ3v) is 2.99. The molecule has 0 aliphatic carbocycles. The SMILES string of the molecule is CC(N)CC(=O)N(C)Cc1ccc(C(C)C)cc1. The predicted molar refractivity (Wildman–Crippen MR) is 75.3 cm³/mol. The summed E-state index contributed by atoms with van der Waals surface area (Å²) in [6.45, 7) is 6.84. The van der Waals surface area contributed by atoms with Crippen LogP contribution in [0, 0.1) is 0 Å². The minimum absolute atomic E-state index is 0.0803. The summed E-state index contributed by atoms with van der Waals surface area (Å²) >= 11 is 0. The molecule has 1 rings (SSSR count). The van der Waals surface area contributed by atoms with E-state index in [0.717, 1.165) is 5.56 Å². The fraction of sp³-hybridized carbons (Fsp3) is 0.533. The van der Waals surface area contributed by atoms with Crippen molar-refractivity contribution in [2.45, 2.75) is 45.7 Å². The van der Waals surface area contributed by atoms with Gasteiger partial charge in [0.2, 0.25) is 5.91 Å². The number of carbonyl (C=O) groups excluding carboxylic acids is 1. The zero-order valence-corrected chi connectivity index (χ0v) is 11.8. The Balaban J connectivity index is 2.59. The molecular weight excluding hydrogens is 224 g/mol. The summed E-state index contributed by atoms with van der Waals surface area (Å²) in [6.07, 6.45) is 0.403. The maximum atomic E-state index is 11.8. The van der Waals surface area contributed by atoms with E-state index in [1.54, 1.807) is 4.90 Å². The number of nitrogens with zero attached hydrogens (tertiary/aromatic N) is 1. The van der Waals surface area contributed by atoms with Crippen molar-refractivity contribution in [3.05, 3.63) is 35.4 Å². The van der Waals surface area contributed by atoms with E-state index < -0.39 is 0 Å². The lowest BCUT2D eigenvalue weighted by Crippen LogP contribution is -2.31. The molecule has 0 bridgehead atoms. The molecule has 1 aromatic rings. The highest BCUT2D eigenvalue weighted by Gasteiger charge is 2.11. The average Bonchev–Trinajstić information content (AvgIpc) is 2.28. The van der Waals surface area contributed by atoms with Crippen LogP contribution in [0.15, 0.2) is 24.3 Å². The molecule has 1 aromatic carbocycles. The molecule has 0 aliphatic heterocycles. The first-order valence-corrected chi connectivity index (χ1v) is 6.48. The van der Waals surface area contributed by atoms with Crippen LogP contribution in [0.25, 0.3) is 0 Å². The van der Waals surface area contributed by atoms with Crippen molar-refractivity contribution in [1.29, 1.82) is 0 Å². The first-order chi connectivity index (χ1) is 8.40. The van der Waals surface area contributed by atoms with Crippen LogP contribution in [0.5, 0.6) is 0 Å². The van der Waals surface area contributed by atoms with E-state index in [0.29, 0.717) is 18.9 Å². The van der Waals surface area contributed by atoms with Crippen molar-refractivity contribution >= 4 is 5.91 Å². The summed E-state index contributed by atoms with van der Waals surface area (Å²) < 4.78 is 0. The molecule has 0 heterocycles. The number of rotatable bonds is 5. The molecule has 0 fully saturated rings. The summed E-state index contributed by atoms with van der Waals surface area (Å²) in [5.41, 5.74) is 8.11. The van der Waals surface area contributed by atoms with Crippen LogP contribution < -0.4 is 5.73 Å². The molecule has 1 amide bonds. The first-order valence-electron chi connectivity index (χ1n) is 6.48. The van der Waals surface area contributed by atoms with E-state index in [9.17, 15) is 4.79 Å². The van der Waals surface area contributed by atoms with Crippen LogP contribution in [-0.4, -0.2) is 23.9 Å². The Kier molecular flexibility index (Phi) is 5.35. The Labute approximate surface area is 110 Å². The highest BCUT2D eigenvalue weighted by Crippen LogP contribution is 2.15. The maximum Gasteiger partial charge on any atom is 0.224 e. The predicted octanol–water partition coefficient (Wildman–Crippen LogP) is 2.51. The fourth-order valence-electron chi connectivity index (χ4n) is 1.80. The standard InChI is InChI=1S/C15H24N2O/c1-11(2)14-7-5-13(6-8-14)10-17(4)15(18)9-12(3)16/h5-8,11-12H,9-10,16H2,1-4H3. The van der Waals surface area contributed by atoms with Crippen LogP contribution in [0.4, 0.5) is 0 Å². The Morgan fingerprint density at radius 3 is 2.22 bits per heavy atom. The van der Waals surface area contributed by atoms with E-state index in [1.165, 1.54) is 5.56 Å². The summed E-state index contributed by atoms with van der Waals surface area (Å²) in [5.74, 6) is 0.634. The lowest BCUT2D eigenvalue weighted by atomic mass is 10.0. The van der Waals surface area contributed by atoms with Crippen LogP contribution in [0.2, 0.25) is 0 Å². The minimum atomic E-state index is -0.0803. The zero-order valence-electron chi connectivity index (χ0n) is 11.8. The monoisotopic (exact) mass is 248 g/mol. The summed E-state index contributed by atoms with van der Waals surface area (Å²) in [7, 11) is 1.82. The summed E-state index contributed by atoms with van der Waals surface area (Å²) in [6, 6.07) is 8.35. The van der Waals surface area contributed by atoms with Gasteiger partial charge >= 0.3 is 0 Å². The van der Waals surface area contributed by atoms with Crippen LogP contribution in [-0.2, 0) is 11.3 Å². The van der Waals surface area contributed by atoms with Crippen molar-refractivity contribution in [3.8, 4) is 0 Å². The maximum absolute atomic E-state index is 11.8. The highest BCUT2D eigenvalue weighted by atomic mass is 16.2. The van der Waals surface area contributed by atoms with Gasteiger partial charge in [0.1, 0.15) is 0 Å². The van der Waals surface area contributed by atoms with Crippen molar-refractivity contribution in [1.82, 2.24) is 4.90 Å². The quantitative estimate of drug-likeness (QED) is 0.870. The second-order valence-electron chi connectivity index (χ2n) is 5.33. The molecule has 3 nitrogen and oxygen atoms in total. The Morgan fingerprint density at radius 1 is 1.22 bits per heavy atom. The molecule has 0 aromatic heterocycles. The van der Waals surface area contributed by atoms with Gasteiger partial charge < -0.3 is 10.6 Å². The van der Waals surface area contributed by atoms with Crippen LogP contribution in [0.1, 0.15) is 44.2 Å². The third-order valence-electron chi connectivity index (χ3n) is 2.99. The topological polar surface area (TPSA) is 46.3 Å². The van der Waals surface area contributed by atoms with Gasteiger partial charge in [-0.1, -0.05) is 38.1 Å². The molecule has 100 valence electrons. The smallest absolute Gasteiger partial charge is 0.224 e. The summed E-state index contributed by atoms with van der Waals surface area (Å²) in [5, 5.41) is 0. The van der Waals surface area contributed by atoms with E-state index in [1.807, 2.05) is 14.0 Å². The van der Waals surface area contributed by atoms with E-state index in [-0.39, 0.29) is 11.9 Å². The van der Waals surface area contributed by atoms with Gasteiger partial charge in [0.15, 0.2) is 0 Å². The Bertz CT molecular complexity index is 382. The van der Waals surface area contributed by atoms with Gasteiger partial charge in [-0.3, -0.25) is 4.79 Å². The lowest BCUT2D eigenvalue weighted by molar-refractivity contribution is -0.130. The van der Waals surface area contributed by atoms with Gasteiger partial charge in [-0.25, -0.2) is 0 Å².